The average Bonchev–Trinajstić information content (AvgIpc) is 2.27. The predicted molar refractivity (Wildman–Crippen MR) is 56.8 cm³/mol. The number of hydrogen-bond acceptors (Lipinski definition) is 5. The fourth-order valence-corrected chi connectivity index (χ4v) is 1.29. The number of carbonyl (C=O) groups is 1. The number of ether oxygens (including phenoxy) is 1. The second-order valence-electron chi connectivity index (χ2n) is 3.16. The summed E-state index contributed by atoms with van der Waals surface area (Å²) in [6.07, 6.45) is -2.59. The monoisotopic (exact) mass is 263 g/mol. The second-order valence-corrected chi connectivity index (χ2v) is 3.60. The van der Waals surface area contributed by atoms with Gasteiger partial charge in [-0.05, 0) is 13.0 Å². The van der Waals surface area contributed by atoms with Crippen molar-refractivity contribution >= 4 is 17.6 Å². The molecule has 1 heterocycles. The van der Waals surface area contributed by atoms with Gasteiger partial charge in [-0.3, -0.25) is 4.98 Å². The minimum absolute atomic E-state index is 0.0408. The molecule has 1 rings (SSSR count). The number of aromatic nitrogens is 1. The summed E-state index contributed by atoms with van der Waals surface area (Å²) in [6.45, 7) is 1.58. The average molecular weight is 264 g/mol. The molecule has 0 aromatic carbocycles. The molecule has 17 heavy (non-hydrogen) atoms. The highest BCUT2D eigenvalue weighted by Gasteiger charge is 2.30. The molecule has 5 nitrogen and oxygen atoms in total. The topological polar surface area (TPSA) is 79.7 Å². The van der Waals surface area contributed by atoms with Gasteiger partial charge in [-0.25, -0.2) is 9.18 Å². The highest BCUT2D eigenvalue weighted by atomic mass is 35.5. The molecule has 0 bridgehead atoms. The zero-order valence-electron chi connectivity index (χ0n) is 8.93. The predicted octanol–water partition coefficient (Wildman–Crippen LogP) is 0.831. The summed E-state index contributed by atoms with van der Waals surface area (Å²) in [5, 5.41) is 19.0. The first-order valence-corrected chi connectivity index (χ1v) is 5.18. The molecule has 0 saturated carbocycles. The Bertz CT molecular complexity index is 415. The zero-order valence-corrected chi connectivity index (χ0v) is 9.69. The van der Waals surface area contributed by atoms with Crippen LogP contribution in [0.4, 0.5) is 4.39 Å². The Labute approximate surface area is 102 Å². The lowest BCUT2D eigenvalue weighted by atomic mass is 10.1. The highest BCUT2D eigenvalue weighted by molar-refractivity contribution is 6.30. The molecule has 0 spiro atoms. The maximum absolute atomic E-state index is 13.3. The van der Waals surface area contributed by atoms with Crippen LogP contribution in [0.15, 0.2) is 12.3 Å². The van der Waals surface area contributed by atoms with Gasteiger partial charge < -0.3 is 14.9 Å². The van der Waals surface area contributed by atoms with Crippen LogP contribution in [0.3, 0.4) is 0 Å². The molecule has 0 aliphatic carbocycles. The molecule has 1 aromatic heterocycles. The van der Waals surface area contributed by atoms with Crippen LogP contribution in [0.2, 0.25) is 5.02 Å². The van der Waals surface area contributed by atoms with Gasteiger partial charge in [-0.1, -0.05) is 11.6 Å². The van der Waals surface area contributed by atoms with E-state index in [1.54, 1.807) is 0 Å². The van der Waals surface area contributed by atoms with E-state index >= 15 is 0 Å². The van der Waals surface area contributed by atoms with Gasteiger partial charge in [0.2, 0.25) is 0 Å². The maximum atomic E-state index is 13.3. The minimum atomic E-state index is -1.89. The van der Waals surface area contributed by atoms with Crippen molar-refractivity contribution in [1.82, 2.24) is 4.98 Å². The normalized spacial score (nSPS) is 14.2. The molecule has 0 aliphatic heterocycles. The number of aliphatic hydroxyl groups is 2. The third-order valence-corrected chi connectivity index (χ3v) is 2.15. The van der Waals surface area contributed by atoms with Crippen LogP contribution in [0.25, 0.3) is 0 Å². The Kier molecular flexibility index (Phi) is 4.80. The summed E-state index contributed by atoms with van der Waals surface area (Å²) in [4.78, 5) is 14.6. The van der Waals surface area contributed by atoms with Crippen LogP contribution in [-0.4, -0.2) is 33.9 Å². The lowest BCUT2D eigenvalue weighted by Gasteiger charge is -2.16. The van der Waals surface area contributed by atoms with E-state index in [4.69, 9.17) is 11.6 Å². The largest absolute Gasteiger partial charge is 0.464 e. The van der Waals surface area contributed by atoms with Crippen LogP contribution < -0.4 is 0 Å². The molecular weight excluding hydrogens is 253 g/mol. The number of pyridine rings is 1. The first kappa shape index (κ1) is 13.8. The van der Waals surface area contributed by atoms with Crippen molar-refractivity contribution in [1.29, 1.82) is 0 Å². The van der Waals surface area contributed by atoms with Crippen LogP contribution in [0, 0.1) is 5.82 Å². The van der Waals surface area contributed by atoms with Crippen molar-refractivity contribution in [2.75, 3.05) is 6.61 Å². The van der Waals surface area contributed by atoms with E-state index in [9.17, 15) is 19.4 Å². The Balaban J connectivity index is 2.88. The standard InChI is InChI=1S/C10H11ClFNO4/c1-2-17-10(16)9(15)8(14)7-6(12)3-5(11)4-13-7/h3-4,8-9,14-15H,2H2,1H3. The van der Waals surface area contributed by atoms with Crippen molar-refractivity contribution in [3.8, 4) is 0 Å². The van der Waals surface area contributed by atoms with E-state index in [2.05, 4.69) is 9.72 Å². The Hall–Kier alpha value is -1.24. The summed E-state index contributed by atoms with van der Waals surface area (Å²) in [5.41, 5.74) is -0.463. The molecule has 7 heteroatoms. The van der Waals surface area contributed by atoms with E-state index in [-0.39, 0.29) is 11.6 Å². The fraction of sp³-hybridized carbons (Fsp3) is 0.400. The van der Waals surface area contributed by atoms with Crippen LogP contribution in [0.5, 0.6) is 0 Å². The number of rotatable bonds is 4. The quantitative estimate of drug-likeness (QED) is 0.787. The van der Waals surface area contributed by atoms with Crippen LogP contribution >= 0.6 is 11.6 Å². The first-order valence-electron chi connectivity index (χ1n) is 4.81. The third-order valence-electron chi connectivity index (χ3n) is 1.94. The van der Waals surface area contributed by atoms with Crippen LogP contribution in [0.1, 0.15) is 18.7 Å². The molecule has 2 unspecified atom stereocenters. The maximum Gasteiger partial charge on any atom is 0.338 e. The van der Waals surface area contributed by atoms with Gasteiger partial charge in [0.1, 0.15) is 17.6 Å². The van der Waals surface area contributed by atoms with E-state index in [1.165, 1.54) is 6.92 Å². The van der Waals surface area contributed by atoms with Crippen LogP contribution in [-0.2, 0) is 9.53 Å². The highest BCUT2D eigenvalue weighted by Crippen LogP contribution is 2.21. The lowest BCUT2D eigenvalue weighted by molar-refractivity contribution is -0.159. The molecule has 1 aromatic rings. The van der Waals surface area contributed by atoms with Crippen molar-refractivity contribution in [2.45, 2.75) is 19.1 Å². The van der Waals surface area contributed by atoms with Gasteiger partial charge in [0.05, 0.1) is 11.6 Å². The number of esters is 1. The molecule has 2 atom stereocenters. The number of nitrogens with zero attached hydrogens (tertiary/aromatic N) is 1. The minimum Gasteiger partial charge on any atom is -0.464 e. The third kappa shape index (κ3) is 3.36. The molecule has 0 radical (unpaired) electrons. The Morgan fingerprint density at radius 3 is 2.82 bits per heavy atom. The number of carbonyl (C=O) groups excluding carboxylic acids is 1. The van der Waals surface area contributed by atoms with Gasteiger partial charge in [0, 0.05) is 6.20 Å². The number of halogens is 2. The summed E-state index contributed by atoms with van der Waals surface area (Å²) >= 11 is 5.48. The van der Waals surface area contributed by atoms with Crippen molar-refractivity contribution < 1.29 is 24.1 Å². The lowest BCUT2D eigenvalue weighted by Crippen LogP contribution is -2.30. The number of hydrogen-bond donors (Lipinski definition) is 2. The van der Waals surface area contributed by atoms with Gasteiger partial charge >= 0.3 is 5.97 Å². The van der Waals surface area contributed by atoms with E-state index in [0.29, 0.717) is 0 Å². The molecule has 94 valence electrons. The van der Waals surface area contributed by atoms with Gasteiger partial charge in [0.25, 0.3) is 0 Å². The molecule has 0 saturated heterocycles. The molecule has 0 aliphatic rings. The molecule has 0 amide bonds. The van der Waals surface area contributed by atoms with E-state index < -0.39 is 29.7 Å². The van der Waals surface area contributed by atoms with Crippen molar-refractivity contribution in [3.05, 3.63) is 28.8 Å². The van der Waals surface area contributed by atoms with E-state index in [1.807, 2.05) is 0 Å². The number of aliphatic hydroxyl groups excluding tert-OH is 2. The fourth-order valence-electron chi connectivity index (χ4n) is 1.15. The van der Waals surface area contributed by atoms with Gasteiger partial charge in [-0.15, -0.1) is 0 Å². The van der Waals surface area contributed by atoms with Gasteiger partial charge in [-0.2, -0.15) is 0 Å². The van der Waals surface area contributed by atoms with Crippen molar-refractivity contribution in [2.24, 2.45) is 0 Å². The SMILES string of the molecule is CCOC(=O)C(O)C(O)c1ncc(Cl)cc1F. The van der Waals surface area contributed by atoms with E-state index in [0.717, 1.165) is 12.3 Å². The Morgan fingerprint density at radius 1 is 1.65 bits per heavy atom. The molecule has 2 N–H and O–H groups in total. The summed E-state index contributed by atoms with van der Waals surface area (Å²) in [6, 6.07) is 0.922. The summed E-state index contributed by atoms with van der Waals surface area (Å²) in [7, 11) is 0. The first-order chi connectivity index (χ1) is 7.97. The van der Waals surface area contributed by atoms with Crippen molar-refractivity contribution in [3.63, 3.8) is 0 Å². The smallest absolute Gasteiger partial charge is 0.338 e. The van der Waals surface area contributed by atoms with Gasteiger partial charge in [0.15, 0.2) is 6.10 Å². The summed E-state index contributed by atoms with van der Waals surface area (Å²) < 4.78 is 17.8. The molecular formula is C10H11ClFNO4. The second kappa shape index (κ2) is 5.90. The zero-order chi connectivity index (χ0) is 13.0. The molecule has 0 fully saturated rings. The Morgan fingerprint density at radius 2 is 2.29 bits per heavy atom. The summed E-state index contributed by atoms with van der Waals surface area (Å²) in [5.74, 6) is -1.95.